The minimum atomic E-state index is -0.643. The van der Waals surface area contributed by atoms with Crippen molar-refractivity contribution in [1.82, 2.24) is 10.3 Å². The van der Waals surface area contributed by atoms with Crippen molar-refractivity contribution >= 4 is 5.91 Å². The van der Waals surface area contributed by atoms with Crippen molar-refractivity contribution < 1.29 is 18.7 Å². The summed E-state index contributed by atoms with van der Waals surface area (Å²) in [6.07, 6.45) is 2.52. The van der Waals surface area contributed by atoms with Crippen molar-refractivity contribution in [2.75, 3.05) is 0 Å². The van der Waals surface area contributed by atoms with Gasteiger partial charge in [0.05, 0.1) is 11.8 Å². The lowest BCUT2D eigenvalue weighted by Crippen LogP contribution is -2.34. The van der Waals surface area contributed by atoms with Gasteiger partial charge >= 0.3 is 0 Å². The molecule has 0 spiro atoms. The third-order valence-corrected chi connectivity index (χ3v) is 2.94. The number of carbonyl (C=O) groups is 1. The number of aromatic nitrogens is 1. The maximum Gasteiger partial charge on any atom is 0.253 e. The summed E-state index contributed by atoms with van der Waals surface area (Å²) >= 11 is 0. The number of hydrogen-bond acceptors (Lipinski definition) is 3. The van der Waals surface area contributed by atoms with Gasteiger partial charge in [0.25, 0.3) is 5.91 Å². The van der Waals surface area contributed by atoms with Gasteiger partial charge in [-0.25, -0.2) is 8.78 Å². The molecule has 2 rings (SSSR count). The molecule has 1 aromatic carbocycles. The molecular weight excluding hydrogens is 278 g/mol. The molecule has 1 unspecified atom stereocenters. The molecule has 0 bridgehead atoms. The quantitative estimate of drug-likeness (QED) is 0.909. The van der Waals surface area contributed by atoms with E-state index >= 15 is 0 Å². The van der Waals surface area contributed by atoms with Crippen molar-refractivity contribution in [2.45, 2.75) is 19.4 Å². The van der Waals surface area contributed by atoms with E-state index < -0.39 is 23.6 Å². The molecule has 110 valence electrons. The van der Waals surface area contributed by atoms with Crippen LogP contribution in [0, 0.1) is 11.6 Å². The Morgan fingerprint density at radius 1 is 1.33 bits per heavy atom. The van der Waals surface area contributed by atoms with Crippen LogP contribution < -0.4 is 5.32 Å². The molecule has 0 radical (unpaired) electrons. The van der Waals surface area contributed by atoms with E-state index in [2.05, 4.69) is 10.3 Å². The largest absolute Gasteiger partial charge is 0.506 e. The zero-order valence-electron chi connectivity index (χ0n) is 11.3. The number of carbonyl (C=O) groups excluding carboxylic acids is 1. The van der Waals surface area contributed by atoms with Crippen LogP contribution in [0.3, 0.4) is 0 Å². The first-order valence-electron chi connectivity index (χ1n) is 6.35. The maximum atomic E-state index is 13.5. The Bertz CT molecular complexity index is 642. The molecule has 1 heterocycles. The second kappa shape index (κ2) is 6.30. The molecule has 0 aliphatic heterocycles. The van der Waals surface area contributed by atoms with Gasteiger partial charge in [0.1, 0.15) is 17.4 Å². The Balaban J connectivity index is 2.05. The van der Waals surface area contributed by atoms with Gasteiger partial charge in [0.2, 0.25) is 0 Å². The Morgan fingerprint density at radius 3 is 2.62 bits per heavy atom. The monoisotopic (exact) mass is 292 g/mol. The first-order chi connectivity index (χ1) is 9.97. The molecule has 6 heteroatoms. The minimum Gasteiger partial charge on any atom is -0.506 e. The second-order valence-corrected chi connectivity index (χ2v) is 4.71. The lowest BCUT2D eigenvalue weighted by molar-refractivity contribution is 0.0939. The summed E-state index contributed by atoms with van der Waals surface area (Å²) in [7, 11) is 0. The zero-order valence-corrected chi connectivity index (χ0v) is 11.3. The van der Waals surface area contributed by atoms with Gasteiger partial charge in [-0.3, -0.25) is 9.78 Å². The number of nitrogens with zero attached hydrogens (tertiary/aromatic N) is 1. The lowest BCUT2D eigenvalue weighted by Gasteiger charge is -2.15. The Morgan fingerprint density at radius 2 is 2.00 bits per heavy atom. The molecule has 21 heavy (non-hydrogen) atoms. The van der Waals surface area contributed by atoms with Crippen molar-refractivity contribution in [3.8, 4) is 5.75 Å². The third-order valence-electron chi connectivity index (χ3n) is 2.94. The number of nitrogens with one attached hydrogen (secondary N) is 1. The van der Waals surface area contributed by atoms with Crippen molar-refractivity contribution in [2.24, 2.45) is 0 Å². The molecule has 0 saturated carbocycles. The first kappa shape index (κ1) is 14.9. The van der Waals surface area contributed by atoms with Gasteiger partial charge in [0.15, 0.2) is 0 Å². The smallest absolute Gasteiger partial charge is 0.253 e. The van der Waals surface area contributed by atoms with Crippen LogP contribution in [-0.2, 0) is 6.42 Å². The van der Waals surface area contributed by atoms with Crippen LogP contribution in [0.15, 0.2) is 36.7 Å². The van der Waals surface area contributed by atoms with Gasteiger partial charge in [-0.2, -0.15) is 0 Å². The van der Waals surface area contributed by atoms with E-state index in [1.165, 1.54) is 36.7 Å². The molecule has 2 N–H and O–H groups in total. The van der Waals surface area contributed by atoms with Crippen molar-refractivity contribution in [3.05, 3.63) is 59.4 Å². The summed E-state index contributed by atoms with van der Waals surface area (Å²) in [6, 6.07) is 4.42. The number of rotatable bonds is 4. The third kappa shape index (κ3) is 3.75. The van der Waals surface area contributed by atoms with Crippen molar-refractivity contribution in [1.29, 1.82) is 0 Å². The summed E-state index contributed by atoms with van der Waals surface area (Å²) in [5.74, 6) is -1.89. The van der Waals surface area contributed by atoms with Gasteiger partial charge in [0, 0.05) is 17.8 Å². The Hall–Kier alpha value is -2.50. The van der Waals surface area contributed by atoms with Crippen LogP contribution in [0.1, 0.15) is 22.8 Å². The molecule has 1 aromatic heterocycles. The average molecular weight is 292 g/mol. The molecule has 1 atom stereocenters. The normalized spacial score (nSPS) is 12.0. The molecule has 0 saturated heterocycles. The fraction of sp³-hybridized carbons (Fsp3) is 0.200. The number of amides is 1. The van der Waals surface area contributed by atoms with Crippen LogP contribution in [-0.4, -0.2) is 22.0 Å². The Kier molecular flexibility index (Phi) is 4.47. The van der Waals surface area contributed by atoms with Crippen LogP contribution in [0.25, 0.3) is 0 Å². The highest BCUT2D eigenvalue weighted by Crippen LogP contribution is 2.14. The molecule has 0 fully saturated rings. The summed E-state index contributed by atoms with van der Waals surface area (Å²) in [4.78, 5) is 15.6. The number of pyridine rings is 1. The highest BCUT2D eigenvalue weighted by molar-refractivity contribution is 5.94. The predicted molar refractivity (Wildman–Crippen MR) is 72.9 cm³/mol. The predicted octanol–water partition coefficient (Wildman–Crippen LogP) is 2.43. The summed E-state index contributed by atoms with van der Waals surface area (Å²) in [6.45, 7) is 1.64. The van der Waals surface area contributed by atoms with Crippen LogP contribution in [0.4, 0.5) is 8.78 Å². The first-order valence-corrected chi connectivity index (χ1v) is 6.35. The molecule has 1 amide bonds. The summed E-state index contributed by atoms with van der Waals surface area (Å²) < 4.78 is 27.1. The zero-order chi connectivity index (χ0) is 15.4. The second-order valence-electron chi connectivity index (χ2n) is 4.71. The SMILES string of the molecule is CC(Cc1c(F)cccc1F)NC(=O)c1cncc(O)c1. The molecule has 2 aromatic rings. The highest BCUT2D eigenvalue weighted by Gasteiger charge is 2.15. The van der Waals surface area contributed by atoms with E-state index in [0.29, 0.717) is 0 Å². The van der Waals surface area contributed by atoms with E-state index in [4.69, 9.17) is 0 Å². The van der Waals surface area contributed by atoms with E-state index in [1.807, 2.05) is 0 Å². The summed E-state index contributed by atoms with van der Waals surface area (Å²) in [5.41, 5.74) is 0.107. The number of halogens is 2. The summed E-state index contributed by atoms with van der Waals surface area (Å²) in [5, 5.41) is 11.9. The van der Waals surface area contributed by atoms with Gasteiger partial charge in [-0.05, 0) is 31.5 Å². The number of aromatic hydroxyl groups is 1. The van der Waals surface area contributed by atoms with Gasteiger partial charge in [-0.1, -0.05) is 6.07 Å². The van der Waals surface area contributed by atoms with E-state index in [0.717, 1.165) is 0 Å². The molecule has 4 nitrogen and oxygen atoms in total. The number of benzene rings is 1. The molecule has 0 aliphatic rings. The van der Waals surface area contributed by atoms with Crippen LogP contribution in [0.2, 0.25) is 0 Å². The lowest BCUT2D eigenvalue weighted by atomic mass is 10.1. The molecular formula is C15H14F2N2O2. The van der Waals surface area contributed by atoms with Crippen molar-refractivity contribution in [3.63, 3.8) is 0 Å². The van der Waals surface area contributed by atoms with Gasteiger partial charge in [-0.15, -0.1) is 0 Å². The van der Waals surface area contributed by atoms with Crippen LogP contribution >= 0.6 is 0 Å². The minimum absolute atomic E-state index is 0.0243. The van der Waals surface area contributed by atoms with Gasteiger partial charge < -0.3 is 10.4 Å². The van der Waals surface area contributed by atoms with E-state index in [1.54, 1.807) is 6.92 Å². The van der Waals surface area contributed by atoms with E-state index in [9.17, 15) is 18.7 Å². The standard InChI is InChI=1S/C15H14F2N2O2/c1-9(5-12-13(16)3-2-4-14(12)17)19-15(21)10-6-11(20)8-18-7-10/h2-4,6-9,20H,5H2,1H3,(H,19,21). The number of hydrogen-bond donors (Lipinski definition) is 2. The fourth-order valence-electron chi connectivity index (χ4n) is 1.94. The maximum absolute atomic E-state index is 13.5. The fourth-order valence-corrected chi connectivity index (χ4v) is 1.94. The molecule has 0 aliphatic carbocycles. The van der Waals surface area contributed by atoms with E-state index in [-0.39, 0.29) is 23.3 Å². The topological polar surface area (TPSA) is 62.2 Å². The van der Waals surface area contributed by atoms with Crippen LogP contribution in [0.5, 0.6) is 5.75 Å². The average Bonchev–Trinajstić information content (AvgIpc) is 2.43. The highest BCUT2D eigenvalue weighted by atomic mass is 19.1. The Labute approximate surface area is 120 Å².